The summed E-state index contributed by atoms with van der Waals surface area (Å²) >= 11 is 1.75. The predicted octanol–water partition coefficient (Wildman–Crippen LogP) is 4.37. The van der Waals surface area contributed by atoms with Gasteiger partial charge in [0.25, 0.3) is 0 Å². The van der Waals surface area contributed by atoms with Crippen LogP contribution in [0.5, 0.6) is 0 Å². The van der Waals surface area contributed by atoms with Crippen LogP contribution in [0, 0.1) is 0 Å². The van der Waals surface area contributed by atoms with Crippen LogP contribution >= 0.6 is 11.8 Å². The summed E-state index contributed by atoms with van der Waals surface area (Å²) in [6.07, 6.45) is 10.7. The fraction of sp³-hybridized carbons (Fsp3) is 0.286. The van der Waals surface area contributed by atoms with Gasteiger partial charge in [0, 0.05) is 49.5 Å². The van der Waals surface area contributed by atoms with E-state index >= 15 is 0 Å². The molecule has 0 radical (unpaired) electrons. The number of thioether (sulfide) groups is 1. The molecule has 34 heavy (non-hydrogen) atoms. The Balaban J connectivity index is 1.37. The molecule has 1 aliphatic rings. The average Bonchev–Trinajstić information content (AvgIpc) is 3.30. The molecule has 4 rings (SSSR count). The van der Waals surface area contributed by atoms with Gasteiger partial charge in [-0.1, -0.05) is 60.7 Å². The lowest BCUT2D eigenvalue weighted by Gasteiger charge is -2.22. The second-order valence-electron chi connectivity index (χ2n) is 8.52. The molecule has 3 aromatic rings. The van der Waals surface area contributed by atoms with Gasteiger partial charge in [0.15, 0.2) is 0 Å². The Labute approximate surface area is 206 Å². The summed E-state index contributed by atoms with van der Waals surface area (Å²) in [6.45, 7) is 2.88. The largest absolute Gasteiger partial charge is 0.351 e. The number of hydrogen-bond donors (Lipinski definition) is 2. The Morgan fingerprint density at radius 2 is 1.88 bits per heavy atom. The first kappa shape index (κ1) is 24.2. The van der Waals surface area contributed by atoms with E-state index in [1.165, 1.54) is 16.0 Å². The number of nitrogens with one attached hydrogen (secondary N) is 2. The number of benzene rings is 2. The highest BCUT2D eigenvalue weighted by molar-refractivity contribution is 7.98. The molecule has 0 aliphatic carbocycles. The van der Waals surface area contributed by atoms with E-state index in [4.69, 9.17) is 0 Å². The van der Waals surface area contributed by atoms with Gasteiger partial charge in [0.1, 0.15) is 0 Å². The van der Waals surface area contributed by atoms with Crippen molar-refractivity contribution in [1.29, 1.82) is 0 Å². The third-order valence-corrected chi connectivity index (χ3v) is 6.84. The number of amides is 1. The molecule has 176 valence electrons. The smallest absolute Gasteiger partial charge is 0.237 e. The van der Waals surface area contributed by atoms with Crippen molar-refractivity contribution >= 4 is 23.7 Å². The van der Waals surface area contributed by atoms with E-state index in [0.717, 1.165) is 31.6 Å². The molecule has 0 spiro atoms. The third kappa shape index (κ3) is 7.03. The molecule has 0 bridgehead atoms. The summed E-state index contributed by atoms with van der Waals surface area (Å²) in [6, 6.07) is 22.9. The van der Waals surface area contributed by atoms with Crippen molar-refractivity contribution in [1.82, 2.24) is 20.5 Å². The maximum atomic E-state index is 13.1. The molecular weight excluding hydrogens is 440 g/mol. The van der Waals surface area contributed by atoms with Crippen molar-refractivity contribution in [3.05, 3.63) is 102 Å². The number of carbonyl (C=O) groups excluding carboxylic acids is 1. The van der Waals surface area contributed by atoms with Gasteiger partial charge in [-0.3, -0.25) is 14.7 Å². The predicted molar refractivity (Wildman–Crippen MR) is 140 cm³/mol. The van der Waals surface area contributed by atoms with E-state index in [9.17, 15) is 4.79 Å². The Kier molecular flexibility index (Phi) is 8.90. The fourth-order valence-corrected chi connectivity index (χ4v) is 4.64. The summed E-state index contributed by atoms with van der Waals surface area (Å²) in [5, 5.41) is 6.78. The highest BCUT2D eigenvalue weighted by atomic mass is 32.2. The van der Waals surface area contributed by atoms with E-state index < -0.39 is 0 Å². The molecule has 1 saturated heterocycles. The molecule has 2 heterocycles. The lowest BCUT2D eigenvalue weighted by atomic mass is 10.1. The highest BCUT2D eigenvalue weighted by Crippen LogP contribution is 2.20. The van der Waals surface area contributed by atoms with Crippen LogP contribution in [0.3, 0.4) is 0 Å². The minimum Gasteiger partial charge on any atom is -0.351 e. The van der Waals surface area contributed by atoms with Crippen LogP contribution in [0.15, 0.2) is 90.1 Å². The lowest BCUT2D eigenvalue weighted by molar-refractivity contribution is -0.125. The Morgan fingerprint density at radius 1 is 1.06 bits per heavy atom. The standard InChI is InChI=1S/C28H32N4OS/c1-34-26-13-11-23(12-14-26)19-30-25-17-27(28(33)31-20-24-9-5-15-29-18-24)32(21-25)16-6-10-22-7-3-2-4-8-22/h2-15,18,25,27,30H,16-17,19-21H2,1H3,(H,31,33)/b10-6+/t25-,27-/m0/s1. The third-order valence-electron chi connectivity index (χ3n) is 6.10. The van der Waals surface area contributed by atoms with Gasteiger partial charge in [0.2, 0.25) is 5.91 Å². The molecule has 0 unspecified atom stereocenters. The van der Waals surface area contributed by atoms with Gasteiger partial charge in [-0.15, -0.1) is 11.8 Å². The monoisotopic (exact) mass is 472 g/mol. The van der Waals surface area contributed by atoms with E-state index in [2.05, 4.69) is 75.3 Å². The second kappa shape index (κ2) is 12.5. The quantitative estimate of drug-likeness (QED) is 0.429. The molecule has 1 aliphatic heterocycles. The minimum absolute atomic E-state index is 0.0746. The van der Waals surface area contributed by atoms with Gasteiger partial charge < -0.3 is 10.6 Å². The molecule has 1 fully saturated rings. The number of pyridine rings is 1. The zero-order valence-corrected chi connectivity index (χ0v) is 20.4. The van der Waals surface area contributed by atoms with E-state index in [1.54, 1.807) is 24.2 Å². The first-order valence-corrected chi connectivity index (χ1v) is 12.9. The molecule has 2 aromatic carbocycles. The zero-order valence-electron chi connectivity index (χ0n) is 19.6. The fourth-order valence-electron chi connectivity index (χ4n) is 4.23. The highest BCUT2D eigenvalue weighted by Gasteiger charge is 2.35. The van der Waals surface area contributed by atoms with E-state index in [1.807, 2.05) is 30.3 Å². The average molecular weight is 473 g/mol. The Hall–Kier alpha value is -2.93. The zero-order chi connectivity index (χ0) is 23.6. The second-order valence-corrected chi connectivity index (χ2v) is 9.40. The number of rotatable bonds is 10. The van der Waals surface area contributed by atoms with Gasteiger partial charge in [-0.25, -0.2) is 0 Å². The molecule has 2 N–H and O–H groups in total. The van der Waals surface area contributed by atoms with Gasteiger partial charge in [0.05, 0.1) is 6.04 Å². The van der Waals surface area contributed by atoms with Crippen molar-refractivity contribution in [3.63, 3.8) is 0 Å². The Morgan fingerprint density at radius 3 is 2.62 bits per heavy atom. The lowest BCUT2D eigenvalue weighted by Crippen LogP contribution is -2.43. The summed E-state index contributed by atoms with van der Waals surface area (Å²) in [5.74, 6) is 0.0746. The van der Waals surface area contributed by atoms with Crippen LogP contribution in [0.4, 0.5) is 0 Å². The topological polar surface area (TPSA) is 57.3 Å². The van der Waals surface area contributed by atoms with Crippen LogP contribution in [0.2, 0.25) is 0 Å². The number of likely N-dealkylation sites (tertiary alicyclic amines) is 1. The SMILES string of the molecule is CSc1ccc(CN[C@H]2C[C@@H](C(=O)NCc3cccnc3)N(C/C=C/c3ccccc3)C2)cc1. The maximum absolute atomic E-state index is 13.1. The van der Waals surface area contributed by atoms with Gasteiger partial charge >= 0.3 is 0 Å². The Bertz CT molecular complexity index is 1060. The normalized spacial score (nSPS) is 18.4. The van der Waals surface area contributed by atoms with Crippen LogP contribution in [-0.4, -0.2) is 47.2 Å². The summed E-state index contributed by atoms with van der Waals surface area (Å²) in [7, 11) is 0. The molecule has 1 aromatic heterocycles. The van der Waals surface area contributed by atoms with Crippen molar-refractivity contribution < 1.29 is 4.79 Å². The number of nitrogens with zero attached hydrogens (tertiary/aromatic N) is 2. The van der Waals surface area contributed by atoms with Gasteiger partial charge in [-0.2, -0.15) is 0 Å². The van der Waals surface area contributed by atoms with Crippen LogP contribution < -0.4 is 10.6 Å². The van der Waals surface area contributed by atoms with Crippen molar-refractivity contribution in [2.45, 2.75) is 36.5 Å². The molecule has 1 amide bonds. The molecule has 0 saturated carbocycles. The van der Waals surface area contributed by atoms with Crippen LogP contribution in [-0.2, 0) is 17.9 Å². The van der Waals surface area contributed by atoms with Crippen molar-refractivity contribution in [3.8, 4) is 0 Å². The number of aromatic nitrogens is 1. The number of hydrogen-bond acceptors (Lipinski definition) is 5. The van der Waals surface area contributed by atoms with Crippen LogP contribution in [0.25, 0.3) is 6.08 Å². The number of carbonyl (C=O) groups is 1. The maximum Gasteiger partial charge on any atom is 0.237 e. The summed E-state index contributed by atoms with van der Waals surface area (Å²) in [5.41, 5.74) is 3.44. The minimum atomic E-state index is -0.159. The van der Waals surface area contributed by atoms with E-state index in [0.29, 0.717) is 6.54 Å². The molecule has 6 heteroatoms. The van der Waals surface area contributed by atoms with E-state index in [-0.39, 0.29) is 18.0 Å². The molecular formula is C28H32N4OS. The van der Waals surface area contributed by atoms with Crippen molar-refractivity contribution in [2.75, 3.05) is 19.3 Å². The van der Waals surface area contributed by atoms with Crippen molar-refractivity contribution in [2.24, 2.45) is 0 Å². The first-order valence-electron chi connectivity index (χ1n) is 11.7. The van der Waals surface area contributed by atoms with Gasteiger partial charge in [-0.05, 0) is 47.6 Å². The van der Waals surface area contributed by atoms with Crippen LogP contribution in [0.1, 0.15) is 23.1 Å². The molecule has 5 nitrogen and oxygen atoms in total. The first-order chi connectivity index (χ1) is 16.7. The summed E-state index contributed by atoms with van der Waals surface area (Å²) < 4.78 is 0. The summed E-state index contributed by atoms with van der Waals surface area (Å²) in [4.78, 5) is 20.8. The molecule has 2 atom stereocenters.